The fourth-order valence-corrected chi connectivity index (χ4v) is 13.7. The summed E-state index contributed by atoms with van der Waals surface area (Å²) in [7, 11) is 6.28. The van der Waals surface area contributed by atoms with Crippen LogP contribution in [0.3, 0.4) is 0 Å². The van der Waals surface area contributed by atoms with Gasteiger partial charge in [-0.15, -0.1) is 0 Å². The van der Waals surface area contributed by atoms with E-state index in [4.69, 9.17) is 33.2 Å². The van der Waals surface area contributed by atoms with Crippen molar-refractivity contribution in [2.45, 2.75) is 115 Å². The summed E-state index contributed by atoms with van der Waals surface area (Å²) < 4.78 is 38.0. The normalized spacial score (nSPS) is 31.9. The van der Waals surface area contributed by atoms with Crippen LogP contribution in [0.5, 0.6) is 0 Å². The molecule has 4 aliphatic carbocycles. The van der Waals surface area contributed by atoms with Crippen molar-refractivity contribution in [3.63, 3.8) is 0 Å². The highest BCUT2D eigenvalue weighted by atomic mass is 33.1. The summed E-state index contributed by atoms with van der Waals surface area (Å²) in [5.74, 6) is 3.31. The number of ether oxygens (including phenoxy) is 7. The van der Waals surface area contributed by atoms with Crippen LogP contribution in [0, 0.1) is 35.0 Å². The summed E-state index contributed by atoms with van der Waals surface area (Å²) in [4.78, 5) is 54.2. The second-order valence-electron chi connectivity index (χ2n) is 19.0. The van der Waals surface area contributed by atoms with Crippen LogP contribution >= 0.6 is 21.6 Å². The van der Waals surface area contributed by atoms with E-state index < -0.39 is 24.1 Å². The minimum atomic E-state index is -1.13. The van der Waals surface area contributed by atoms with Crippen molar-refractivity contribution < 1.29 is 57.4 Å². The van der Waals surface area contributed by atoms with Gasteiger partial charge in [-0.25, -0.2) is 9.59 Å². The highest BCUT2D eigenvalue weighted by molar-refractivity contribution is 8.76. The van der Waals surface area contributed by atoms with Gasteiger partial charge in [-0.1, -0.05) is 59.6 Å². The number of likely N-dealkylation sites (tertiary alicyclic amines) is 1. The summed E-state index contributed by atoms with van der Waals surface area (Å²) in [6.45, 7) is 12.1. The molecule has 2 heterocycles. The highest BCUT2D eigenvalue weighted by Gasteiger charge is 2.62. The Kier molecular flexibility index (Phi) is 19.6. The lowest BCUT2D eigenvalue weighted by Crippen LogP contribution is -2.54. The molecule has 6 rings (SSSR count). The number of piperidine rings is 1. The molecule has 0 aromatic rings. The maximum atomic E-state index is 14.1. The molecule has 18 heteroatoms. The van der Waals surface area contributed by atoms with E-state index in [1.807, 2.05) is 0 Å². The molecule has 1 spiro atoms. The number of hydrogen-bond donors (Lipinski definition) is 4. The molecule has 0 radical (unpaired) electrons. The van der Waals surface area contributed by atoms with E-state index in [1.54, 1.807) is 41.4 Å². The Labute approximate surface area is 393 Å². The number of aliphatic hydroxyl groups excluding tert-OH is 1. The summed E-state index contributed by atoms with van der Waals surface area (Å²) in [6.07, 6.45) is 9.31. The van der Waals surface area contributed by atoms with Gasteiger partial charge in [0, 0.05) is 51.2 Å². The minimum absolute atomic E-state index is 0.00394. The van der Waals surface area contributed by atoms with Crippen molar-refractivity contribution >= 4 is 45.6 Å². The van der Waals surface area contributed by atoms with Gasteiger partial charge in [0.15, 0.2) is 0 Å². The molecule has 0 bridgehead atoms. The Balaban J connectivity index is 0.951. The number of nitrogens with one attached hydrogen (secondary N) is 3. The van der Waals surface area contributed by atoms with Gasteiger partial charge in [0.2, 0.25) is 11.8 Å². The van der Waals surface area contributed by atoms with Crippen LogP contribution in [-0.2, 0) is 42.7 Å². The molecule has 368 valence electrons. The molecule has 65 heavy (non-hydrogen) atoms. The van der Waals surface area contributed by atoms with Crippen LogP contribution in [-0.4, -0.2) is 162 Å². The van der Waals surface area contributed by atoms with Crippen LogP contribution < -0.4 is 16.0 Å². The Morgan fingerprint density at radius 3 is 2.32 bits per heavy atom. The van der Waals surface area contributed by atoms with Crippen LogP contribution in [0.25, 0.3) is 0 Å². The van der Waals surface area contributed by atoms with Gasteiger partial charge in [0.05, 0.1) is 70.0 Å². The first-order valence-electron chi connectivity index (χ1n) is 23.9. The number of amides is 4. The van der Waals surface area contributed by atoms with E-state index in [1.165, 1.54) is 11.1 Å². The van der Waals surface area contributed by atoms with Crippen LogP contribution in [0.4, 0.5) is 9.59 Å². The lowest BCUT2D eigenvalue weighted by Gasteiger charge is -2.49. The molecule has 2 saturated heterocycles. The van der Waals surface area contributed by atoms with E-state index in [0.29, 0.717) is 74.6 Å². The van der Waals surface area contributed by atoms with Crippen LogP contribution in [0.2, 0.25) is 0 Å². The first kappa shape index (κ1) is 51.8. The number of aliphatic hydroxyl groups is 1. The number of alkyl carbamates (subject to hydrolysis) is 2. The first-order valence-corrected chi connectivity index (χ1v) is 26.4. The topological polar surface area (TPSA) is 192 Å². The van der Waals surface area contributed by atoms with E-state index in [-0.39, 0.29) is 74.1 Å². The number of rotatable bonds is 23. The minimum Gasteiger partial charge on any atom is -0.447 e. The fraction of sp³-hybridized carbons (Fsp3) is 0.830. The van der Waals surface area contributed by atoms with Crippen molar-refractivity contribution in [2.24, 2.45) is 35.0 Å². The smallest absolute Gasteiger partial charge is 0.407 e. The predicted octanol–water partition coefficient (Wildman–Crippen LogP) is 5.28. The number of allylic oxidation sites excluding steroid dienone is 2. The number of carbonyl (C=O) groups is 4. The van der Waals surface area contributed by atoms with Crippen molar-refractivity contribution in [3.8, 4) is 0 Å². The zero-order valence-corrected chi connectivity index (χ0v) is 41.2. The third-order valence-corrected chi connectivity index (χ3v) is 17.5. The molecule has 0 aromatic carbocycles. The molecule has 4 fully saturated rings. The standard InChI is InChI=1S/C47H76N4O12S2/c1-30-25-40-42(32(3)47(63-40)13-10-35-36-8-7-33-26-34(52)9-12-46(33,4)38(36)27-37(35)31(47)2)51(29-30)41(53)11-23-64-65-24-14-48-43(54)39(50-45(56)62-22-20-60-18-16-58-6)28-49-44(55)61-21-19-59-17-15-57-5/h7,30,32,34-36,38-40,42,52H,8-29H2,1-6H3,(H,48,54)(H,49,55)(H,50,56)/t30-,32+,34-,35-,36-,38-,39?,40+,42-,46-,47-/m0/s1. The SMILES string of the molecule is COCCOCCOC(=O)NCC(NC(=O)OCCOCCOC)C(=O)NCCSSCCC(=O)N1C[C@@H](C)C[C@H]2O[C@]3(CC[C@@H]4C(=C3C)C[C@H]3[C@H]4CC=C4C[C@@H](O)CC[C@@]43C)[C@H](C)[C@@H]21. The molecular formula is C47H76N4O12S2. The molecule has 4 amide bonds. The Morgan fingerprint density at radius 2 is 1.60 bits per heavy atom. The van der Waals surface area contributed by atoms with Crippen molar-refractivity contribution in [1.82, 2.24) is 20.9 Å². The van der Waals surface area contributed by atoms with Gasteiger partial charge in [-0.3, -0.25) is 9.59 Å². The second kappa shape index (κ2) is 24.6. The molecule has 2 aliphatic heterocycles. The van der Waals surface area contributed by atoms with Gasteiger partial charge in [0.25, 0.3) is 0 Å². The third-order valence-electron chi connectivity index (χ3n) is 15.1. The van der Waals surface area contributed by atoms with Gasteiger partial charge in [0.1, 0.15) is 19.3 Å². The van der Waals surface area contributed by atoms with E-state index >= 15 is 0 Å². The molecule has 16 nitrogen and oxygen atoms in total. The quantitative estimate of drug-likeness (QED) is 0.0588. The monoisotopic (exact) mass is 952 g/mol. The largest absolute Gasteiger partial charge is 0.447 e. The van der Waals surface area contributed by atoms with E-state index in [2.05, 4.69) is 54.6 Å². The Morgan fingerprint density at radius 1 is 0.908 bits per heavy atom. The number of methoxy groups -OCH3 is 2. The maximum absolute atomic E-state index is 14.1. The van der Waals surface area contributed by atoms with Gasteiger partial charge < -0.3 is 59.1 Å². The molecule has 0 aromatic heterocycles. The average Bonchev–Trinajstić information content (AvgIpc) is 3.81. The number of nitrogens with zero attached hydrogens (tertiary/aromatic N) is 1. The lowest BCUT2D eigenvalue weighted by molar-refractivity contribution is -0.139. The van der Waals surface area contributed by atoms with Gasteiger partial charge in [-0.2, -0.15) is 0 Å². The Hall–Kier alpha value is -2.58. The first-order chi connectivity index (χ1) is 31.3. The summed E-state index contributed by atoms with van der Waals surface area (Å²) in [5, 5.41) is 18.3. The number of hydrogen-bond acceptors (Lipinski definition) is 14. The van der Waals surface area contributed by atoms with Crippen LogP contribution in [0.1, 0.15) is 85.5 Å². The summed E-state index contributed by atoms with van der Waals surface area (Å²) >= 11 is 0. The molecule has 4 N–H and O–H groups in total. The van der Waals surface area contributed by atoms with Gasteiger partial charge >= 0.3 is 12.2 Å². The van der Waals surface area contributed by atoms with E-state index in [0.717, 1.165) is 57.9 Å². The fourth-order valence-electron chi connectivity index (χ4n) is 11.8. The molecule has 2 saturated carbocycles. The van der Waals surface area contributed by atoms with Crippen molar-refractivity contribution in [1.29, 1.82) is 0 Å². The number of fused-ring (bicyclic) bond motifs is 6. The molecule has 6 aliphatic rings. The van der Waals surface area contributed by atoms with Crippen molar-refractivity contribution in [2.75, 3.05) is 98.2 Å². The summed E-state index contributed by atoms with van der Waals surface area (Å²) in [5.41, 5.74) is 4.41. The zero-order valence-electron chi connectivity index (χ0n) is 39.5. The molecular weight excluding hydrogens is 877 g/mol. The second-order valence-corrected chi connectivity index (χ2v) is 21.7. The van der Waals surface area contributed by atoms with E-state index in [9.17, 15) is 24.3 Å². The highest BCUT2D eigenvalue weighted by Crippen LogP contribution is 2.65. The summed E-state index contributed by atoms with van der Waals surface area (Å²) in [6, 6.07) is -1.08. The average molecular weight is 953 g/mol. The molecule has 11 atom stereocenters. The molecule has 1 unspecified atom stereocenters. The Bertz CT molecular complexity index is 1690. The third kappa shape index (κ3) is 12.7. The van der Waals surface area contributed by atoms with Gasteiger partial charge in [-0.05, 0) is 93.0 Å². The maximum Gasteiger partial charge on any atom is 0.407 e. The van der Waals surface area contributed by atoms with Crippen LogP contribution in [0.15, 0.2) is 22.8 Å². The van der Waals surface area contributed by atoms with Crippen molar-refractivity contribution in [3.05, 3.63) is 22.8 Å². The zero-order chi connectivity index (χ0) is 46.6. The number of carbonyl (C=O) groups excluding carboxylic acids is 4. The lowest BCUT2D eigenvalue weighted by atomic mass is 9.56. The predicted molar refractivity (Wildman–Crippen MR) is 249 cm³/mol.